The number of carbonyl (C=O) groups excluding carboxylic acids is 1. The van der Waals surface area contributed by atoms with E-state index in [0.29, 0.717) is 34.2 Å². The van der Waals surface area contributed by atoms with Crippen molar-refractivity contribution in [3.8, 4) is 11.5 Å². The van der Waals surface area contributed by atoms with Crippen molar-refractivity contribution in [1.82, 2.24) is 0 Å². The molecule has 0 heterocycles. The van der Waals surface area contributed by atoms with E-state index in [-0.39, 0.29) is 5.78 Å². The number of halogens is 1. The molecule has 0 amide bonds. The molecule has 3 rings (SSSR count). The van der Waals surface area contributed by atoms with Gasteiger partial charge in [0.15, 0.2) is 11.5 Å². The topological polar surface area (TPSA) is 52.3 Å². The van der Waals surface area contributed by atoms with Crippen LogP contribution in [-0.4, -0.2) is 5.78 Å². The first kappa shape index (κ1) is 12.1. The van der Waals surface area contributed by atoms with Crippen LogP contribution >= 0.6 is 11.6 Å². The van der Waals surface area contributed by atoms with Gasteiger partial charge in [-0.25, -0.2) is 0 Å². The van der Waals surface area contributed by atoms with Crippen LogP contribution in [0.15, 0.2) is 36.4 Å². The van der Waals surface area contributed by atoms with Gasteiger partial charge < -0.3 is 10.5 Å². The summed E-state index contributed by atoms with van der Waals surface area (Å²) in [6, 6.07) is 10.6. The van der Waals surface area contributed by atoms with Gasteiger partial charge in [0, 0.05) is 17.0 Å². The first-order chi connectivity index (χ1) is 9.13. The van der Waals surface area contributed by atoms with E-state index < -0.39 is 0 Å². The summed E-state index contributed by atoms with van der Waals surface area (Å²) in [5, 5.41) is 0.591. The third kappa shape index (κ3) is 2.29. The summed E-state index contributed by atoms with van der Waals surface area (Å²) in [4.78, 5) is 11.7. The van der Waals surface area contributed by atoms with Gasteiger partial charge in [0.05, 0.1) is 5.69 Å². The Morgan fingerprint density at radius 2 is 2.00 bits per heavy atom. The number of anilines is 1. The normalized spacial score (nSPS) is 13.4. The van der Waals surface area contributed by atoms with E-state index >= 15 is 0 Å². The zero-order chi connectivity index (χ0) is 13.4. The molecule has 0 aromatic heterocycles. The number of rotatable bonds is 2. The van der Waals surface area contributed by atoms with E-state index in [1.54, 1.807) is 30.3 Å². The Morgan fingerprint density at radius 1 is 1.16 bits per heavy atom. The molecule has 0 aliphatic heterocycles. The second-order valence-electron chi connectivity index (χ2n) is 4.53. The van der Waals surface area contributed by atoms with E-state index in [9.17, 15) is 4.79 Å². The third-order valence-electron chi connectivity index (χ3n) is 3.18. The number of nitrogens with two attached hydrogens (primary N) is 1. The highest BCUT2D eigenvalue weighted by molar-refractivity contribution is 6.30. The Balaban J connectivity index is 1.97. The Bertz CT molecular complexity index is 667. The number of ether oxygens (including phenoxy) is 1. The zero-order valence-electron chi connectivity index (χ0n) is 10.2. The summed E-state index contributed by atoms with van der Waals surface area (Å²) in [5.74, 6) is 1.24. The molecule has 19 heavy (non-hydrogen) atoms. The summed E-state index contributed by atoms with van der Waals surface area (Å²) >= 11 is 5.90. The molecular formula is C15H12ClNO2. The van der Waals surface area contributed by atoms with Crippen molar-refractivity contribution in [1.29, 1.82) is 0 Å². The van der Waals surface area contributed by atoms with Gasteiger partial charge >= 0.3 is 0 Å². The SMILES string of the molecule is Nc1cc2c(cc1Oc1cccc(Cl)c1)C(=O)CC2. The standard InChI is InChI=1S/C15H12ClNO2/c16-10-2-1-3-11(7-10)19-15-8-12-9(6-13(15)17)4-5-14(12)18/h1-3,6-8H,4-5,17H2. The molecule has 2 aromatic rings. The number of ketones is 1. The van der Waals surface area contributed by atoms with E-state index in [0.717, 1.165) is 12.0 Å². The molecule has 2 N–H and O–H groups in total. The molecule has 96 valence electrons. The van der Waals surface area contributed by atoms with Crippen molar-refractivity contribution in [2.45, 2.75) is 12.8 Å². The molecule has 0 saturated heterocycles. The fraction of sp³-hybridized carbons (Fsp3) is 0.133. The van der Waals surface area contributed by atoms with Gasteiger partial charge in [-0.2, -0.15) is 0 Å². The quantitative estimate of drug-likeness (QED) is 0.846. The molecule has 0 radical (unpaired) electrons. The summed E-state index contributed by atoms with van der Waals surface area (Å²) in [6.45, 7) is 0. The number of benzene rings is 2. The summed E-state index contributed by atoms with van der Waals surface area (Å²) in [6.07, 6.45) is 1.31. The van der Waals surface area contributed by atoms with Gasteiger partial charge in [-0.05, 0) is 42.3 Å². The molecule has 2 aromatic carbocycles. The molecule has 4 heteroatoms. The number of hydrogen-bond acceptors (Lipinski definition) is 3. The second kappa shape index (κ2) is 4.59. The molecule has 1 aliphatic rings. The highest BCUT2D eigenvalue weighted by Gasteiger charge is 2.21. The maximum absolute atomic E-state index is 11.7. The third-order valence-corrected chi connectivity index (χ3v) is 3.42. The van der Waals surface area contributed by atoms with Crippen LogP contribution in [0, 0.1) is 0 Å². The fourth-order valence-corrected chi connectivity index (χ4v) is 2.42. The minimum absolute atomic E-state index is 0.144. The maximum Gasteiger partial charge on any atom is 0.163 e. The van der Waals surface area contributed by atoms with Crippen molar-refractivity contribution in [3.63, 3.8) is 0 Å². The molecule has 3 nitrogen and oxygen atoms in total. The maximum atomic E-state index is 11.7. The number of fused-ring (bicyclic) bond motifs is 1. The van der Waals surface area contributed by atoms with Gasteiger partial charge in [-0.3, -0.25) is 4.79 Å². The molecule has 0 unspecified atom stereocenters. The first-order valence-electron chi connectivity index (χ1n) is 6.02. The minimum Gasteiger partial charge on any atom is -0.455 e. The average molecular weight is 274 g/mol. The number of aryl methyl sites for hydroxylation is 1. The van der Waals surface area contributed by atoms with E-state index in [1.165, 1.54) is 0 Å². The molecule has 1 aliphatic carbocycles. The molecule has 0 spiro atoms. The lowest BCUT2D eigenvalue weighted by molar-refractivity contribution is 0.0994. The average Bonchev–Trinajstić information content (AvgIpc) is 2.71. The van der Waals surface area contributed by atoms with Crippen molar-refractivity contribution in [3.05, 3.63) is 52.5 Å². The first-order valence-corrected chi connectivity index (χ1v) is 6.40. The van der Waals surface area contributed by atoms with Crippen LogP contribution in [0.1, 0.15) is 22.3 Å². The number of hydrogen-bond donors (Lipinski definition) is 1. The van der Waals surface area contributed by atoms with E-state index in [2.05, 4.69) is 0 Å². The highest BCUT2D eigenvalue weighted by atomic mass is 35.5. The predicted molar refractivity (Wildman–Crippen MR) is 75.0 cm³/mol. The van der Waals surface area contributed by atoms with Gasteiger partial charge in [0.25, 0.3) is 0 Å². The molecule has 0 atom stereocenters. The minimum atomic E-state index is 0.144. The lowest BCUT2D eigenvalue weighted by Gasteiger charge is -2.10. The highest BCUT2D eigenvalue weighted by Crippen LogP contribution is 2.34. The van der Waals surface area contributed by atoms with Crippen molar-refractivity contribution in [2.24, 2.45) is 0 Å². The van der Waals surface area contributed by atoms with E-state index in [4.69, 9.17) is 22.1 Å². The van der Waals surface area contributed by atoms with Crippen molar-refractivity contribution in [2.75, 3.05) is 5.73 Å². The van der Waals surface area contributed by atoms with Gasteiger partial charge in [0.2, 0.25) is 0 Å². The number of Topliss-reactive ketones (excluding diaryl/α,β-unsaturated/α-hetero) is 1. The predicted octanol–water partition coefficient (Wildman–Crippen LogP) is 3.84. The Kier molecular flexibility index (Phi) is 2.91. The Hall–Kier alpha value is -2.00. The molecule has 0 saturated carbocycles. The van der Waals surface area contributed by atoms with Crippen molar-refractivity contribution >= 4 is 23.1 Å². The smallest absolute Gasteiger partial charge is 0.163 e. The van der Waals surface area contributed by atoms with Gasteiger partial charge in [-0.1, -0.05) is 17.7 Å². The lowest BCUT2D eigenvalue weighted by atomic mass is 10.1. The van der Waals surface area contributed by atoms with Gasteiger partial charge in [-0.15, -0.1) is 0 Å². The largest absolute Gasteiger partial charge is 0.455 e. The van der Waals surface area contributed by atoms with Crippen LogP contribution < -0.4 is 10.5 Å². The van der Waals surface area contributed by atoms with Crippen molar-refractivity contribution < 1.29 is 9.53 Å². The molecular weight excluding hydrogens is 262 g/mol. The zero-order valence-corrected chi connectivity index (χ0v) is 10.9. The van der Waals surface area contributed by atoms with Crippen LogP contribution in [0.3, 0.4) is 0 Å². The number of carbonyl (C=O) groups is 1. The Morgan fingerprint density at radius 3 is 2.79 bits per heavy atom. The summed E-state index contributed by atoms with van der Waals surface area (Å²) < 4.78 is 5.70. The van der Waals surface area contributed by atoms with Crippen LogP contribution in [0.25, 0.3) is 0 Å². The molecule has 0 fully saturated rings. The van der Waals surface area contributed by atoms with E-state index in [1.807, 2.05) is 6.07 Å². The fourth-order valence-electron chi connectivity index (χ4n) is 2.24. The number of nitrogen functional groups attached to an aromatic ring is 1. The summed E-state index contributed by atoms with van der Waals surface area (Å²) in [5.41, 5.74) is 8.21. The van der Waals surface area contributed by atoms with Gasteiger partial charge in [0.1, 0.15) is 5.75 Å². The van der Waals surface area contributed by atoms with Crippen LogP contribution in [0.5, 0.6) is 11.5 Å². The molecule has 0 bridgehead atoms. The van der Waals surface area contributed by atoms with Crippen LogP contribution in [-0.2, 0) is 6.42 Å². The Labute approximate surface area is 115 Å². The van der Waals surface area contributed by atoms with Crippen LogP contribution in [0.4, 0.5) is 5.69 Å². The van der Waals surface area contributed by atoms with Crippen LogP contribution in [0.2, 0.25) is 5.02 Å². The second-order valence-corrected chi connectivity index (χ2v) is 4.97. The lowest BCUT2D eigenvalue weighted by Crippen LogP contribution is -1.97. The summed E-state index contributed by atoms with van der Waals surface area (Å²) in [7, 11) is 0. The monoisotopic (exact) mass is 273 g/mol.